The lowest BCUT2D eigenvalue weighted by Gasteiger charge is -2.11. The molecule has 6 heteroatoms. The van der Waals surface area contributed by atoms with Crippen molar-refractivity contribution < 1.29 is 4.74 Å². The van der Waals surface area contributed by atoms with Crippen LogP contribution in [-0.4, -0.2) is 26.1 Å². The van der Waals surface area contributed by atoms with Gasteiger partial charge in [-0.25, -0.2) is 4.98 Å². The molecule has 0 aliphatic rings. The third kappa shape index (κ3) is 2.72. The van der Waals surface area contributed by atoms with E-state index in [2.05, 4.69) is 34.1 Å². The monoisotopic (exact) mass is 297 g/mol. The highest BCUT2D eigenvalue weighted by Crippen LogP contribution is 2.26. The van der Waals surface area contributed by atoms with Gasteiger partial charge in [-0.2, -0.15) is 9.97 Å². The number of aromatic nitrogens is 4. The second-order valence-electron chi connectivity index (χ2n) is 5.19. The van der Waals surface area contributed by atoms with Crippen LogP contribution in [0.25, 0.3) is 11.2 Å². The predicted molar refractivity (Wildman–Crippen MR) is 86.6 cm³/mol. The van der Waals surface area contributed by atoms with Gasteiger partial charge < -0.3 is 14.6 Å². The molecule has 0 saturated carbocycles. The summed E-state index contributed by atoms with van der Waals surface area (Å²) >= 11 is 0. The summed E-state index contributed by atoms with van der Waals surface area (Å²) < 4.78 is 7.63. The summed E-state index contributed by atoms with van der Waals surface area (Å²) in [6.07, 6.45) is 1.78. The van der Waals surface area contributed by atoms with Crippen LogP contribution in [0.3, 0.4) is 0 Å². The molecule has 0 spiro atoms. The van der Waals surface area contributed by atoms with Gasteiger partial charge in [0.1, 0.15) is 0 Å². The zero-order chi connectivity index (χ0) is 15.5. The molecule has 1 N–H and O–H groups in total. The smallest absolute Gasteiger partial charge is 0.247 e. The topological polar surface area (TPSA) is 64.9 Å². The van der Waals surface area contributed by atoms with Crippen molar-refractivity contribution in [2.24, 2.45) is 0 Å². The summed E-state index contributed by atoms with van der Waals surface area (Å²) in [7, 11) is 0. The summed E-state index contributed by atoms with van der Waals surface area (Å²) in [5.74, 6) is 1.01. The van der Waals surface area contributed by atoms with Gasteiger partial charge in [0.05, 0.1) is 12.9 Å². The first-order valence-electron chi connectivity index (χ1n) is 7.38. The first kappa shape index (κ1) is 14.3. The summed E-state index contributed by atoms with van der Waals surface area (Å²) in [4.78, 5) is 13.4. The maximum Gasteiger partial charge on any atom is 0.247 e. The van der Waals surface area contributed by atoms with Gasteiger partial charge in [0.2, 0.25) is 11.8 Å². The molecule has 114 valence electrons. The van der Waals surface area contributed by atoms with Gasteiger partial charge in [-0.05, 0) is 32.9 Å². The van der Waals surface area contributed by atoms with Crippen LogP contribution < -0.4 is 10.1 Å². The Hall–Kier alpha value is -2.63. The normalized spacial score (nSPS) is 11.1. The average Bonchev–Trinajstić information content (AvgIpc) is 2.93. The van der Waals surface area contributed by atoms with Gasteiger partial charge in [-0.3, -0.25) is 0 Å². The molecule has 0 aliphatic heterocycles. The minimum absolute atomic E-state index is 0.263. The van der Waals surface area contributed by atoms with Crippen LogP contribution in [0.5, 0.6) is 5.88 Å². The van der Waals surface area contributed by atoms with Crippen LogP contribution >= 0.6 is 0 Å². The number of rotatable bonds is 5. The number of benzene rings is 1. The van der Waals surface area contributed by atoms with E-state index in [1.54, 1.807) is 6.33 Å². The predicted octanol–water partition coefficient (Wildman–Crippen LogP) is 3.55. The van der Waals surface area contributed by atoms with Crippen molar-refractivity contribution in [2.45, 2.75) is 26.8 Å². The van der Waals surface area contributed by atoms with Crippen LogP contribution in [0, 0.1) is 0 Å². The Bertz CT molecular complexity index is 767. The molecule has 1 aromatic carbocycles. The molecular formula is C16H19N5O. The Kier molecular flexibility index (Phi) is 3.91. The first-order chi connectivity index (χ1) is 10.7. The van der Waals surface area contributed by atoms with Crippen molar-refractivity contribution in [1.29, 1.82) is 0 Å². The van der Waals surface area contributed by atoms with Crippen molar-refractivity contribution in [3.63, 3.8) is 0 Å². The molecule has 0 radical (unpaired) electrons. The zero-order valence-electron chi connectivity index (χ0n) is 12.9. The van der Waals surface area contributed by atoms with Crippen molar-refractivity contribution in [1.82, 2.24) is 19.5 Å². The maximum atomic E-state index is 5.62. The standard InChI is InChI=1S/C16H19N5O/c1-4-22-15-13-14(21(10-17-13)11(2)3)19-16(20-15)18-12-8-6-5-7-9-12/h5-11H,4H2,1-3H3,(H,18,19,20). The highest BCUT2D eigenvalue weighted by molar-refractivity contribution is 5.78. The molecular weight excluding hydrogens is 278 g/mol. The second-order valence-corrected chi connectivity index (χ2v) is 5.19. The number of anilines is 2. The largest absolute Gasteiger partial charge is 0.476 e. The third-order valence-electron chi connectivity index (χ3n) is 3.26. The summed E-state index contributed by atoms with van der Waals surface area (Å²) in [6, 6.07) is 10.1. The van der Waals surface area contributed by atoms with E-state index in [-0.39, 0.29) is 6.04 Å². The average molecular weight is 297 g/mol. The van der Waals surface area contributed by atoms with Crippen molar-refractivity contribution >= 4 is 22.8 Å². The second kappa shape index (κ2) is 6.01. The Morgan fingerprint density at radius 2 is 1.95 bits per heavy atom. The molecule has 2 aromatic heterocycles. The fourth-order valence-electron chi connectivity index (χ4n) is 2.21. The van der Waals surface area contributed by atoms with Crippen LogP contribution in [-0.2, 0) is 0 Å². The zero-order valence-corrected chi connectivity index (χ0v) is 12.9. The lowest BCUT2D eigenvalue weighted by atomic mass is 10.3. The molecule has 22 heavy (non-hydrogen) atoms. The Labute approximate surface area is 129 Å². The van der Waals surface area contributed by atoms with Gasteiger partial charge in [0.15, 0.2) is 11.2 Å². The number of nitrogens with zero attached hydrogens (tertiary/aromatic N) is 4. The molecule has 0 fully saturated rings. The quantitative estimate of drug-likeness (QED) is 0.780. The number of hydrogen-bond donors (Lipinski definition) is 1. The Morgan fingerprint density at radius 3 is 2.64 bits per heavy atom. The molecule has 3 rings (SSSR count). The van der Waals surface area contributed by atoms with E-state index in [9.17, 15) is 0 Å². The molecule has 0 unspecified atom stereocenters. The van der Waals surface area contributed by atoms with Gasteiger partial charge >= 0.3 is 0 Å². The number of ether oxygens (including phenoxy) is 1. The molecule has 6 nitrogen and oxygen atoms in total. The minimum Gasteiger partial charge on any atom is -0.476 e. The van der Waals surface area contributed by atoms with E-state index in [1.165, 1.54) is 0 Å². The molecule has 3 aromatic rings. The molecule has 0 atom stereocenters. The van der Waals surface area contributed by atoms with Gasteiger partial charge in [0, 0.05) is 11.7 Å². The fourth-order valence-corrected chi connectivity index (χ4v) is 2.21. The lowest BCUT2D eigenvalue weighted by Crippen LogP contribution is -2.05. The van der Waals surface area contributed by atoms with Crippen LogP contribution in [0.2, 0.25) is 0 Å². The first-order valence-corrected chi connectivity index (χ1v) is 7.38. The number of para-hydroxylation sites is 1. The van der Waals surface area contributed by atoms with Crippen LogP contribution in [0.1, 0.15) is 26.8 Å². The van der Waals surface area contributed by atoms with Crippen molar-refractivity contribution in [2.75, 3.05) is 11.9 Å². The number of nitrogens with one attached hydrogen (secondary N) is 1. The third-order valence-corrected chi connectivity index (χ3v) is 3.26. The molecule has 2 heterocycles. The van der Waals surface area contributed by atoms with E-state index in [0.717, 1.165) is 11.3 Å². The fraction of sp³-hybridized carbons (Fsp3) is 0.312. The maximum absolute atomic E-state index is 5.62. The Balaban J connectivity index is 2.08. The summed E-state index contributed by atoms with van der Waals surface area (Å²) in [5.41, 5.74) is 2.39. The van der Waals surface area contributed by atoms with E-state index in [1.807, 2.05) is 41.8 Å². The van der Waals surface area contributed by atoms with E-state index >= 15 is 0 Å². The lowest BCUT2D eigenvalue weighted by molar-refractivity contribution is 0.330. The number of imidazole rings is 1. The SMILES string of the molecule is CCOc1nc(Nc2ccccc2)nc2c1ncn2C(C)C. The molecule has 0 bridgehead atoms. The minimum atomic E-state index is 0.263. The van der Waals surface area contributed by atoms with Crippen LogP contribution in [0.15, 0.2) is 36.7 Å². The van der Waals surface area contributed by atoms with Gasteiger partial charge in [0.25, 0.3) is 0 Å². The summed E-state index contributed by atoms with van der Waals surface area (Å²) in [6.45, 7) is 6.64. The molecule has 0 saturated heterocycles. The molecule has 0 amide bonds. The Morgan fingerprint density at radius 1 is 1.18 bits per heavy atom. The van der Waals surface area contributed by atoms with Crippen LogP contribution in [0.4, 0.5) is 11.6 Å². The number of hydrogen-bond acceptors (Lipinski definition) is 5. The van der Waals surface area contributed by atoms with Crippen molar-refractivity contribution in [3.8, 4) is 5.88 Å². The van der Waals surface area contributed by atoms with Gasteiger partial charge in [-0.1, -0.05) is 18.2 Å². The van der Waals surface area contributed by atoms with Gasteiger partial charge in [-0.15, -0.1) is 0 Å². The highest BCUT2D eigenvalue weighted by Gasteiger charge is 2.15. The van der Waals surface area contributed by atoms with E-state index < -0.39 is 0 Å². The number of fused-ring (bicyclic) bond motifs is 1. The summed E-state index contributed by atoms with van der Waals surface area (Å²) in [5, 5.41) is 3.21. The molecule has 0 aliphatic carbocycles. The van der Waals surface area contributed by atoms with E-state index in [4.69, 9.17) is 4.74 Å². The van der Waals surface area contributed by atoms with E-state index in [0.29, 0.717) is 24.0 Å². The highest BCUT2D eigenvalue weighted by atomic mass is 16.5. The van der Waals surface area contributed by atoms with Crippen molar-refractivity contribution in [3.05, 3.63) is 36.7 Å².